The van der Waals surface area contributed by atoms with E-state index in [1.807, 2.05) is 13.8 Å². The lowest BCUT2D eigenvalue weighted by Crippen LogP contribution is -2.36. The summed E-state index contributed by atoms with van der Waals surface area (Å²) in [5.41, 5.74) is -0.550. The number of ether oxygens (including phenoxy) is 1. The third-order valence-electron chi connectivity index (χ3n) is 3.19. The maximum Gasteiger partial charge on any atom is 0.410 e. The molecular weight excluding hydrogens is 234 g/mol. The molecule has 1 rings (SSSR count). The quantitative estimate of drug-likeness (QED) is 0.823. The second-order valence-electron chi connectivity index (χ2n) is 6.24. The monoisotopic (exact) mass is 257 g/mol. The molecule has 104 valence electrons. The van der Waals surface area contributed by atoms with E-state index in [1.54, 1.807) is 20.8 Å². The van der Waals surface area contributed by atoms with Gasteiger partial charge >= 0.3 is 12.1 Å². The van der Waals surface area contributed by atoms with Crippen molar-refractivity contribution in [3.63, 3.8) is 0 Å². The summed E-state index contributed by atoms with van der Waals surface area (Å²) in [6.07, 6.45) is -0.420. The van der Waals surface area contributed by atoms with Gasteiger partial charge in [0.1, 0.15) is 5.60 Å². The summed E-state index contributed by atoms with van der Waals surface area (Å²) in [4.78, 5) is 24.6. The fraction of sp³-hybridized carbons (Fsp3) is 0.846. The molecule has 0 spiro atoms. The number of carboxylic acids is 1. The van der Waals surface area contributed by atoms with Gasteiger partial charge in [-0.3, -0.25) is 4.79 Å². The van der Waals surface area contributed by atoms with E-state index in [2.05, 4.69) is 0 Å². The molecule has 1 aliphatic heterocycles. The zero-order valence-electron chi connectivity index (χ0n) is 11.8. The number of hydrogen-bond acceptors (Lipinski definition) is 3. The van der Waals surface area contributed by atoms with Crippen molar-refractivity contribution < 1.29 is 19.4 Å². The lowest BCUT2D eigenvalue weighted by atomic mass is 9.86. The lowest BCUT2D eigenvalue weighted by molar-refractivity contribution is -0.142. The van der Waals surface area contributed by atoms with Crippen molar-refractivity contribution in [1.29, 1.82) is 0 Å². The fourth-order valence-electron chi connectivity index (χ4n) is 2.24. The maximum atomic E-state index is 11.9. The summed E-state index contributed by atoms with van der Waals surface area (Å²) in [6, 6.07) is 0. The molecule has 0 bridgehead atoms. The van der Waals surface area contributed by atoms with E-state index in [9.17, 15) is 14.7 Å². The van der Waals surface area contributed by atoms with E-state index in [0.717, 1.165) is 0 Å². The Morgan fingerprint density at radius 2 is 1.83 bits per heavy atom. The minimum absolute atomic E-state index is 0.00461. The number of hydrogen-bond donors (Lipinski definition) is 1. The highest BCUT2D eigenvalue weighted by molar-refractivity contribution is 5.74. The second kappa shape index (κ2) is 5.16. The van der Waals surface area contributed by atoms with Gasteiger partial charge in [0.2, 0.25) is 0 Å². The third kappa shape index (κ3) is 3.62. The van der Waals surface area contributed by atoms with Crippen molar-refractivity contribution in [3.8, 4) is 0 Å². The SMILES string of the molecule is CC(C)C1CN(C(=O)OC(C)(C)C)C[C@@H]1C(=O)O. The molecule has 1 amide bonds. The molecule has 0 aromatic carbocycles. The molecule has 0 aromatic rings. The Kier molecular flexibility index (Phi) is 4.24. The van der Waals surface area contributed by atoms with Crippen LogP contribution < -0.4 is 0 Å². The minimum Gasteiger partial charge on any atom is -0.481 e. The number of carbonyl (C=O) groups excluding carboxylic acids is 1. The number of aliphatic carboxylic acids is 1. The molecule has 1 N–H and O–H groups in total. The van der Waals surface area contributed by atoms with Gasteiger partial charge in [-0.1, -0.05) is 13.8 Å². The van der Waals surface area contributed by atoms with Crippen LogP contribution in [0.4, 0.5) is 4.79 Å². The Bertz CT molecular complexity index is 332. The highest BCUT2D eigenvalue weighted by Gasteiger charge is 2.42. The van der Waals surface area contributed by atoms with Gasteiger partial charge in [0, 0.05) is 13.1 Å². The van der Waals surface area contributed by atoms with Crippen LogP contribution in [0, 0.1) is 17.8 Å². The van der Waals surface area contributed by atoms with Crippen LogP contribution in [-0.4, -0.2) is 40.8 Å². The topological polar surface area (TPSA) is 66.8 Å². The van der Waals surface area contributed by atoms with Crippen LogP contribution in [0.1, 0.15) is 34.6 Å². The average Bonchev–Trinajstić information content (AvgIpc) is 2.58. The fourth-order valence-corrected chi connectivity index (χ4v) is 2.24. The Morgan fingerprint density at radius 3 is 2.17 bits per heavy atom. The zero-order chi connectivity index (χ0) is 14.1. The molecule has 0 aromatic heterocycles. The smallest absolute Gasteiger partial charge is 0.410 e. The molecule has 2 atom stereocenters. The zero-order valence-corrected chi connectivity index (χ0v) is 11.8. The van der Waals surface area contributed by atoms with Gasteiger partial charge in [-0.05, 0) is 32.6 Å². The van der Waals surface area contributed by atoms with E-state index in [4.69, 9.17) is 4.74 Å². The van der Waals surface area contributed by atoms with Crippen molar-refractivity contribution in [3.05, 3.63) is 0 Å². The molecule has 0 saturated carbocycles. The molecule has 1 saturated heterocycles. The number of carbonyl (C=O) groups is 2. The molecule has 1 unspecified atom stereocenters. The second-order valence-corrected chi connectivity index (χ2v) is 6.24. The first-order valence-corrected chi connectivity index (χ1v) is 6.32. The van der Waals surface area contributed by atoms with Crippen molar-refractivity contribution in [2.45, 2.75) is 40.2 Å². The number of nitrogens with zero attached hydrogens (tertiary/aromatic N) is 1. The standard InChI is InChI=1S/C13H23NO4/c1-8(2)9-6-14(7-10(9)11(15)16)12(17)18-13(3,4)5/h8-10H,6-7H2,1-5H3,(H,15,16)/t9?,10-/m0/s1. The van der Waals surface area contributed by atoms with Crippen molar-refractivity contribution >= 4 is 12.1 Å². The summed E-state index contributed by atoms with van der Waals surface area (Å²) in [5.74, 6) is -1.09. The summed E-state index contributed by atoms with van der Waals surface area (Å²) in [6.45, 7) is 10.1. The van der Waals surface area contributed by atoms with Crippen molar-refractivity contribution in [2.75, 3.05) is 13.1 Å². The Labute approximate surface area is 108 Å². The van der Waals surface area contributed by atoms with Crippen LogP contribution >= 0.6 is 0 Å². The van der Waals surface area contributed by atoms with E-state index in [0.29, 0.717) is 6.54 Å². The summed E-state index contributed by atoms with van der Waals surface area (Å²) < 4.78 is 5.27. The van der Waals surface area contributed by atoms with Gasteiger partial charge < -0.3 is 14.7 Å². The molecule has 5 heteroatoms. The van der Waals surface area contributed by atoms with Crippen LogP contribution in [0.2, 0.25) is 0 Å². The van der Waals surface area contributed by atoms with Crippen LogP contribution in [0.5, 0.6) is 0 Å². The number of likely N-dealkylation sites (tertiary alicyclic amines) is 1. The average molecular weight is 257 g/mol. The van der Waals surface area contributed by atoms with E-state index in [1.165, 1.54) is 4.90 Å². The van der Waals surface area contributed by atoms with Crippen molar-refractivity contribution in [2.24, 2.45) is 17.8 Å². The molecule has 5 nitrogen and oxygen atoms in total. The highest BCUT2D eigenvalue weighted by atomic mass is 16.6. The molecule has 1 heterocycles. The first kappa shape index (κ1) is 14.8. The van der Waals surface area contributed by atoms with Crippen LogP contribution in [0.25, 0.3) is 0 Å². The van der Waals surface area contributed by atoms with Gasteiger partial charge in [-0.2, -0.15) is 0 Å². The van der Waals surface area contributed by atoms with Gasteiger partial charge in [-0.25, -0.2) is 4.79 Å². The van der Waals surface area contributed by atoms with Crippen LogP contribution in [0.15, 0.2) is 0 Å². The lowest BCUT2D eigenvalue weighted by Gasteiger charge is -2.24. The first-order valence-electron chi connectivity index (χ1n) is 6.32. The molecular formula is C13H23NO4. The summed E-state index contributed by atoms with van der Waals surface area (Å²) in [7, 11) is 0. The molecule has 1 fully saturated rings. The Hall–Kier alpha value is -1.26. The summed E-state index contributed by atoms with van der Waals surface area (Å²) in [5, 5.41) is 9.19. The van der Waals surface area contributed by atoms with Gasteiger partial charge in [-0.15, -0.1) is 0 Å². The first-order chi connectivity index (χ1) is 8.11. The van der Waals surface area contributed by atoms with Crippen molar-refractivity contribution in [1.82, 2.24) is 4.90 Å². The molecule has 18 heavy (non-hydrogen) atoms. The molecule has 0 radical (unpaired) electrons. The van der Waals surface area contributed by atoms with Crippen LogP contribution in [-0.2, 0) is 9.53 Å². The van der Waals surface area contributed by atoms with Gasteiger partial charge in [0.05, 0.1) is 5.92 Å². The highest BCUT2D eigenvalue weighted by Crippen LogP contribution is 2.30. The Morgan fingerprint density at radius 1 is 1.28 bits per heavy atom. The number of carboxylic acid groups (broad SMARTS) is 1. The van der Waals surface area contributed by atoms with E-state index >= 15 is 0 Å². The van der Waals surface area contributed by atoms with Gasteiger partial charge in [0.15, 0.2) is 0 Å². The third-order valence-corrected chi connectivity index (χ3v) is 3.19. The predicted molar refractivity (Wildman–Crippen MR) is 67.3 cm³/mol. The molecule has 1 aliphatic rings. The predicted octanol–water partition coefficient (Wildman–Crippen LogP) is 2.21. The Balaban J connectivity index is 2.72. The van der Waals surface area contributed by atoms with E-state index in [-0.39, 0.29) is 18.4 Å². The normalized spacial score (nSPS) is 24.4. The summed E-state index contributed by atoms with van der Waals surface area (Å²) >= 11 is 0. The maximum absolute atomic E-state index is 11.9. The molecule has 0 aliphatic carbocycles. The van der Waals surface area contributed by atoms with E-state index < -0.39 is 23.6 Å². The largest absolute Gasteiger partial charge is 0.481 e. The van der Waals surface area contributed by atoms with Gasteiger partial charge in [0.25, 0.3) is 0 Å². The van der Waals surface area contributed by atoms with Crippen LogP contribution in [0.3, 0.4) is 0 Å². The number of amides is 1. The minimum atomic E-state index is -0.834. The number of rotatable bonds is 2.